The van der Waals surface area contributed by atoms with Gasteiger partial charge in [-0.2, -0.15) is 0 Å². The van der Waals surface area contributed by atoms with Crippen molar-refractivity contribution in [1.82, 2.24) is 15.8 Å². The number of rotatable bonds is 10. The molecule has 0 fully saturated rings. The van der Waals surface area contributed by atoms with E-state index in [9.17, 15) is 0 Å². The molecule has 1 rings (SSSR count). The van der Waals surface area contributed by atoms with Crippen LogP contribution in [0.3, 0.4) is 0 Å². The van der Waals surface area contributed by atoms with Crippen molar-refractivity contribution in [2.24, 2.45) is 4.99 Å². The van der Waals surface area contributed by atoms with Crippen LogP contribution >= 0.6 is 0 Å². The monoisotopic (exact) mass is 310 g/mol. The highest BCUT2D eigenvalue weighted by molar-refractivity contribution is 5.79. The lowest BCUT2D eigenvalue weighted by Gasteiger charge is -2.11. The van der Waals surface area contributed by atoms with Gasteiger partial charge in [0.15, 0.2) is 11.7 Å². The van der Waals surface area contributed by atoms with Crippen molar-refractivity contribution >= 4 is 5.96 Å². The largest absolute Gasteiger partial charge is 0.380 e. The Morgan fingerprint density at radius 1 is 1.32 bits per heavy atom. The van der Waals surface area contributed by atoms with Crippen LogP contribution in [0.5, 0.6) is 0 Å². The molecule has 1 aromatic heterocycles. The molecular weight excluding hydrogens is 280 g/mol. The van der Waals surface area contributed by atoms with Crippen molar-refractivity contribution in [2.45, 2.75) is 53.0 Å². The molecule has 0 bridgehead atoms. The van der Waals surface area contributed by atoms with Crippen LogP contribution in [-0.2, 0) is 11.3 Å². The molecule has 0 saturated carbocycles. The van der Waals surface area contributed by atoms with E-state index < -0.39 is 0 Å². The first kappa shape index (κ1) is 18.5. The minimum Gasteiger partial charge on any atom is -0.380 e. The SMILES string of the molecule is CCCCOCCNC(=NCc1cc(C(C)C)no1)NCC. The second-order valence-corrected chi connectivity index (χ2v) is 5.46. The summed E-state index contributed by atoms with van der Waals surface area (Å²) in [6.45, 7) is 11.9. The number of unbranched alkanes of at least 4 members (excludes halogenated alkanes) is 1. The third-order valence-corrected chi connectivity index (χ3v) is 3.09. The second-order valence-electron chi connectivity index (χ2n) is 5.46. The van der Waals surface area contributed by atoms with Crippen molar-refractivity contribution in [3.05, 3.63) is 17.5 Å². The highest BCUT2D eigenvalue weighted by atomic mass is 16.5. The van der Waals surface area contributed by atoms with Gasteiger partial charge in [0, 0.05) is 25.8 Å². The van der Waals surface area contributed by atoms with Crippen molar-refractivity contribution < 1.29 is 9.26 Å². The van der Waals surface area contributed by atoms with E-state index >= 15 is 0 Å². The van der Waals surface area contributed by atoms with E-state index in [4.69, 9.17) is 9.26 Å². The topological polar surface area (TPSA) is 71.7 Å². The molecule has 0 aliphatic rings. The molecule has 1 heterocycles. The number of hydrogen-bond donors (Lipinski definition) is 2. The van der Waals surface area contributed by atoms with Gasteiger partial charge in [0.2, 0.25) is 0 Å². The van der Waals surface area contributed by atoms with Gasteiger partial charge in [-0.05, 0) is 19.3 Å². The fourth-order valence-electron chi connectivity index (χ4n) is 1.76. The van der Waals surface area contributed by atoms with Gasteiger partial charge in [0.25, 0.3) is 0 Å². The highest BCUT2D eigenvalue weighted by Crippen LogP contribution is 2.14. The first-order valence-electron chi connectivity index (χ1n) is 8.22. The summed E-state index contributed by atoms with van der Waals surface area (Å²) >= 11 is 0. The van der Waals surface area contributed by atoms with Gasteiger partial charge in [0.1, 0.15) is 6.54 Å². The lowest BCUT2D eigenvalue weighted by atomic mass is 10.1. The van der Waals surface area contributed by atoms with Crippen LogP contribution in [0.1, 0.15) is 57.9 Å². The number of aliphatic imine (C=N–C) groups is 1. The second kappa shape index (κ2) is 11.1. The van der Waals surface area contributed by atoms with E-state index in [2.05, 4.69) is 41.6 Å². The van der Waals surface area contributed by atoms with Crippen LogP contribution in [0.2, 0.25) is 0 Å². The summed E-state index contributed by atoms with van der Waals surface area (Å²) in [5.74, 6) is 1.91. The molecule has 0 aliphatic heterocycles. The minimum atomic E-state index is 0.369. The maximum Gasteiger partial charge on any atom is 0.191 e. The lowest BCUT2D eigenvalue weighted by Crippen LogP contribution is -2.39. The molecule has 0 saturated heterocycles. The fourth-order valence-corrected chi connectivity index (χ4v) is 1.76. The van der Waals surface area contributed by atoms with Crippen molar-refractivity contribution in [3.8, 4) is 0 Å². The third kappa shape index (κ3) is 7.45. The average Bonchev–Trinajstić information content (AvgIpc) is 2.97. The van der Waals surface area contributed by atoms with E-state index in [1.165, 1.54) is 0 Å². The maximum absolute atomic E-state index is 5.52. The molecule has 0 spiro atoms. The van der Waals surface area contributed by atoms with E-state index in [0.717, 1.165) is 50.0 Å². The Morgan fingerprint density at radius 3 is 2.77 bits per heavy atom. The Bertz CT molecular complexity index is 430. The number of nitrogens with one attached hydrogen (secondary N) is 2. The molecule has 0 unspecified atom stereocenters. The Balaban J connectivity index is 2.37. The van der Waals surface area contributed by atoms with Crippen LogP contribution in [0.15, 0.2) is 15.6 Å². The quantitative estimate of drug-likeness (QED) is 0.395. The lowest BCUT2D eigenvalue weighted by molar-refractivity contribution is 0.136. The zero-order valence-electron chi connectivity index (χ0n) is 14.3. The molecule has 0 atom stereocenters. The number of nitrogens with zero attached hydrogens (tertiary/aromatic N) is 2. The summed E-state index contributed by atoms with van der Waals surface area (Å²) in [7, 11) is 0. The number of guanidine groups is 1. The molecule has 1 aromatic rings. The smallest absolute Gasteiger partial charge is 0.191 e. The first-order valence-corrected chi connectivity index (χ1v) is 8.22. The Labute approximate surface area is 133 Å². The summed E-state index contributed by atoms with van der Waals surface area (Å²) in [6, 6.07) is 1.96. The first-order chi connectivity index (χ1) is 10.7. The summed E-state index contributed by atoms with van der Waals surface area (Å²) in [6.07, 6.45) is 2.27. The van der Waals surface area contributed by atoms with Gasteiger partial charge in [-0.25, -0.2) is 4.99 Å². The molecule has 2 N–H and O–H groups in total. The van der Waals surface area contributed by atoms with Gasteiger partial charge in [0.05, 0.1) is 12.3 Å². The minimum absolute atomic E-state index is 0.369. The van der Waals surface area contributed by atoms with Crippen molar-refractivity contribution in [1.29, 1.82) is 0 Å². The molecule has 0 radical (unpaired) electrons. The molecular formula is C16H30N4O2. The van der Waals surface area contributed by atoms with Crippen LogP contribution in [-0.4, -0.2) is 37.4 Å². The summed E-state index contributed by atoms with van der Waals surface area (Å²) < 4.78 is 10.8. The van der Waals surface area contributed by atoms with Gasteiger partial charge in [-0.15, -0.1) is 0 Å². The third-order valence-electron chi connectivity index (χ3n) is 3.09. The molecule has 0 aromatic carbocycles. The normalized spacial score (nSPS) is 12.0. The molecule has 0 aliphatic carbocycles. The average molecular weight is 310 g/mol. The van der Waals surface area contributed by atoms with Crippen LogP contribution in [0.4, 0.5) is 0 Å². The van der Waals surface area contributed by atoms with Crippen LogP contribution in [0, 0.1) is 0 Å². The molecule has 6 heteroatoms. The van der Waals surface area contributed by atoms with Crippen LogP contribution < -0.4 is 10.6 Å². The summed E-state index contributed by atoms with van der Waals surface area (Å²) in [4.78, 5) is 4.50. The number of hydrogen-bond acceptors (Lipinski definition) is 4. The van der Waals surface area contributed by atoms with E-state index in [1.54, 1.807) is 0 Å². The zero-order valence-corrected chi connectivity index (χ0v) is 14.3. The Morgan fingerprint density at radius 2 is 2.14 bits per heavy atom. The molecule has 6 nitrogen and oxygen atoms in total. The van der Waals surface area contributed by atoms with Gasteiger partial charge < -0.3 is 19.9 Å². The van der Waals surface area contributed by atoms with E-state index in [1.807, 2.05) is 13.0 Å². The number of ether oxygens (including phenoxy) is 1. The molecule has 0 amide bonds. The van der Waals surface area contributed by atoms with E-state index in [0.29, 0.717) is 19.1 Å². The summed E-state index contributed by atoms with van der Waals surface area (Å²) in [5, 5.41) is 10.5. The predicted octanol–water partition coefficient (Wildman–Crippen LogP) is 2.67. The molecule has 22 heavy (non-hydrogen) atoms. The fraction of sp³-hybridized carbons (Fsp3) is 0.750. The van der Waals surface area contributed by atoms with E-state index in [-0.39, 0.29) is 0 Å². The molecule has 126 valence electrons. The predicted molar refractivity (Wildman–Crippen MR) is 89.1 cm³/mol. The summed E-state index contributed by atoms with van der Waals surface area (Å²) in [5.41, 5.74) is 0.965. The highest BCUT2D eigenvalue weighted by Gasteiger charge is 2.07. The standard InChI is InChI=1S/C16H30N4O2/c1-5-7-9-21-10-8-18-16(17-6-2)19-12-14-11-15(13(3)4)20-22-14/h11,13H,5-10,12H2,1-4H3,(H2,17,18,19). The zero-order chi connectivity index (χ0) is 16.2. The van der Waals surface area contributed by atoms with Gasteiger partial charge in [-0.1, -0.05) is 32.3 Å². The number of aromatic nitrogens is 1. The van der Waals surface area contributed by atoms with Gasteiger partial charge >= 0.3 is 0 Å². The maximum atomic E-state index is 5.52. The van der Waals surface area contributed by atoms with Crippen LogP contribution in [0.25, 0.3) is 0 Å². The van der Waals surface area contributed by atoms with Crippen molar-refractivity contribution in [3.63, 3.8) is 0 Å². The Hall–Kier alpha value is -1.56. The Kier molecular flexibility index (Phi) is 9.30. The van der Waals surface area contributed by atoms with Crippen molar-refractivity contribution in [2.75, 3.05) is 26.3 Å². The van der Waals surface area contributed by atoms with Gasteiger partial charge in [-0.3, -0.25) is 0 Å².